The molecule has 1 amide bonds. The van der Waals surface area contributed by atoms with E-state index in [1.165, 1.54) is 42.5 Å². The number of carboxylic acid groups (broad SMARTS) is 1. The summed E-state index contributed by atoms with van der Waals surface area (Å²) < 4.78 is 42.0. The second-order valence-electron chi connectivity index (χ2n) is 7.79. The molecule has 1 atom stereocenters. The van der Waals surface area contributed by atoms with E-state index in [0.29, 0.717) is 14.7 Å². The Labute approximate surface area is 211 Å². The van der Waals surface area contributed by atoms with E-state index in [4.69, 9.17) is 23.2 Å². The van der Waals surface area contributed by atoms with Crippen molar-refractivity contribution in [2.45, 2.75) is 18.6 Å². The van der Waals surface area contributed by atoms with Gasteiger partial charge >= 0.3 is 17.8 Å². The molecule has 0 saturated heterocycles. The molecule has 1 aromatic heterocycles. The van der Waals surface area contributed by atoms with Gasteiger partial charge in [-0.25, -0.2) is 9.59 Å². The summed E-state index contributed by atoms with van der Waals surface area (Å²) in [6.07, 6.45) is -5.23. The zero-order valence-corrected chi connectivity index (χ0v) is 20.2. The number of halogens is 5. The summed E-state index contributed by atoms with van der Waals surface area (Å²) in [4.78, 5) is 48.9. The Bertz CT molecular complexity index is 1440. The van der Waals surface area contributed by atoms with Crippen LogP contribution < -0.4 is 16.6 Å². The van der Waals surface area contributed by atoms with E-state index in [2.05, 4.69) is 5.32 Å². The van der Waals surface area contributed by atoms with Crippen LogP contribution in [0, 0.1) is 0 Å². The van der Waals surface area contributed by atoms with E-state index in [1.807, 2.05) is 0 Å². The van der Waals surface area contributed by atoms with Gasteiger partial charge in [0.05, 0.1) is 21.2 Å². The number of carbonyl (C=O) groups is 2. The summed E-state index contributed by atoms with van der Waals surface area (Å²) in [5, 5.41) is 11.9. The Balaban J connectivity index is 1.95. The molecule has 0 saturated carbocycles. The van der Waals surface area contributed by atoms with E-state index in [-0.39, 0.29) is 27.6 Å². The number of rotatable bonds is 6. The number of hydrogen-bond acceptors (Lipinski definition) is 4. The molecular formula is C23H18Cl2F3N3O5. The molecule has 0 unspecified atom stereocenters. The molecule has 0 aliphatic heterocycles. The molecule has 0 fully saturated rings. The topological polar surface area (TPSA) is 110 Å². The van der Waals surface area contributed by atoms with Crippen LogP contribution in [0.15, 0.2) is 52.1 Å². The second kappa shape index (κ2) is 10.2. The number of benzene rings is 2. The maximum absolute atomic E-state index is 13.7. The maximum Gasteiger partial charge on any atom is 0.432 e. The molecule has 2 N–H and O–H groups in total. The quantitative estimate of drug-likeness (QED) is 0.494. The van der Waals surface area contributed by atoms with E-state index in [0.717, 1.165) is 14.1 Å². The third kappa shape index (κ3) is 5.31. The number of hydrogen-bond donors (Lipinski definition) is 2. The second-order valence-corrected chi connectivity index (χ2v) is 8.60. The highest BCUT2D eigenvalue weighted by Gasteiger charge is 2.39. The van der Waals surface area contributed by atoms with Crippen molar-refractivity contribution in [2.24, 2.45) is 14.1 Å². The Morgan fingerprint density at radius 1 is 1.00 bits per heavy atom. The van der Waals surface area contributed by atoms with E-state index in [9.17, 15) is 37.5 Å². The summed E-state index contributed by atoms with van der Waals surface area (Å²) in [5.74, 6) is -2.19. The van der Waals surface area contributed by atoms with Gasteiger partial charge in [0.25, 0.3) is 11.5 Å². The Hall–Kier alpha value is -3.57. The fourth-order valence-electron chi connectivity index (χ4n) is 3.62. The van der Waals surface area contributed by atoms with Gasteiger partial charge in [-0.1, -0.05) is 53.5 Å². The number of carboxylic acids is 1. The molecule has 36 heavy (non-hydrogen) atoms. The monoisotopic (exact) mass is 543 g/mol. The molecule has 0 radical (unpaired) electrons. The van der Waals surface area contributed by atoms with Gasteiger partial charge in [-0.3, -0.25) is 18.7 Å². The van der Waals surface area contributed by atoms with Crippen molar-refractivity contribution in [1.82, 2.24) is 14.5 Å². The third-order valence-corrected chi connectivity index (χ3v) is 6.04. The molecule has 0 spiro atoms. The van der Waals surface area contributed by atoms with Crippen LogP contribution in [-0.2, 0) is 31.5 Å². The van der Waals surface area contributed by atoms with Crippen molar-refractivity contribution < 1.29 is 27.9 Å². The minimum Gasteiger partial charge on any atom is -0.480 e. The zero-order valence-electron chi connectivity index (χ0n) is 18.7. The minimum atomic E-state index is -4.99. The molecule has 2 aromatic carbocycles. The summed E-state index contributed by atoms with van der Waals surface area (Å²) in [6.45, 7) is 0. The van der Waals surface area contributed by atoms with E-state index < -0.39 is 46.6 Å². The minimum absolute atomic E-state index is 0.0211. The normalized spacial score (nSPS) is 12.3. The molecule has 3 rings (SSSR count). The van der Waals surface area contributed by atoms with Gasteiger partial charge in [-0.2, -0.15) is 13.2 Å². The van der Waals surface area contributed by atoms with Crippen molar-refractivity contribution in [3.8, 4) is 11.1 Å². The SMILES string of the molecule is Cn1c(C(F)(F)F)c(-c2ccc(C[C@H](NC(=O)c3c(Cl)cccc3Cl)C(=O)O)cc2)c(=O)n(C)c1=O. The lowest BCUT2D eigenvalue weighted by molar-refractivity contribution is -0.143. The van der Waals surface area contributed by atoms with Crippen LogP contribution in [0.3, 0.4) is 0 Å². The van der Waals surface area contributed by atoms with Crippen LogP contribution in [0.4, 0.5) is 13.2 Å². The van der Waals surface area contributed by atoms with Crippen LogP contribution in [0.2, 0.25) is 10.0 Å². The lowest BCUT2D eigenvalue weighted by atomic mass is 9.99. The van der Waals surface area contributed by atoms with Crippen LogP contribution in [0.5, 0.6) is 0 Å². The predicted molar refractivity (Wildman–Crippen MR) is 126 cm³/mol. The van der Waals surface area contributed by atoms with E-state index in [1.54, 1.807) is 0 Å². The fourth-order valence-corrected chi connectivity index (χ4v) is 4.19. The van der Waals surface area contributed by atoms with Crippen LogP contribution in [-0.4, -0.2) is 32.2 Å². The summed E-state index contributed by atoms with van der Waals surface area (Å²) in [5.41, 5.74) is -4.29. The smallest absolute Gasteiger partial charge is 0.432 e. The zero-order chi connectivity index (χ0) is 26.9. The number of aliphatic carboxylic acids is 1. The molecule has 0 bridgehead atoms. The maximum atomic E-state index is 13.7. The largest absolute Gasteiger partial charge is 0.480 e. The first kappa shape index (κ1) is 27.0. The number of alkyl halides is 3. The van der Waals surface area contributed by atoms with Gasteiger partial charge in [0.15, 0.2) is 0 Å². The Morgan fingerprint density at radius 3 is 2.06 bits per heavy atom. The van der Waals surface area contributed by atoms with Crippen molar-refractivity contribution in [3.05, 3.63) is 90.2 Å². The van der Waals surface area contributed by atoms with Crippen molar-refractivity contribution in [2.75, 3.05) is 0 Å². The average molecular weight is 544 g/mol. The predicted octanol–water partition coefficient (Wildman–Crippen LogP) is 3.50. The van der Waals surface area contributed by atoms with Crippen LogP contribution >= 0.6 is 23.2 Å². The summed E-state index contributed by atoms with van der Waals surface area (Å²) in [7, 11) is 1.97. The Kier molecular flexibility index (Phi) is 7.65. The first-order chi connectivity index (χ1) is 16.7. The number of nitrogens with zero attached hydrogens (tertiary/aromatic N) is 2. The van der Waals surface area contributed by atoms with Gasteiger partial charge < -0.3 is 10.4 Å². The lowest BCUT2D eigenvalue weighted by Crippen LogP contribution is -2.42. The Morgan fingerprint density at radius 2 is 1.56 bits per heavy atom. The molecular weight excluding hydrogens is 526 g/mol. The number of nitrogens with one attached hydrogen (secondary N) is 1. The molecule has 0 aliphatic rings. The first-order valence-corrected chi connectivity index (χ1v) is 10.9. The lowest BCUT2D eigenvalue weighted by Gasteiger charge is -2.18. The third-order valence-electron chi connectivity index (χ3n) is 5.41. The van der Waals surface area contributed by atoms with Gasteiger partial charge in [0.1, 0.15) is 11.7 Å². The van der Waals surface area contributed by atoms with Crippen LogP contribution in [0.1, 0.15) is 21.6 Å². The molecule has 1 heterocycles. The highest BCUT2D eigenvalue weighted by Crippen LogP contribution is 2.34. The summed E-state index contributed by atoms with van der Waals surface area (Å²) in [6, 6.07) is 7.97. The van der Waals surface area contributed by atoms with Gasteiger partial charge in [0.2, 0.25) is 0 Å². The molecule has 3 aromatic rings. The molecule has 190 valence electrons. The standard InChI is InChI=1S/C23H18Cl2F3N3O5/c1-30-18(23(26,27)28)16(20(33)31(2)22(30)36)12-8-6-11(7-9-12)10-15(21(34)35)29-19(32)17-13(24)4-3-5-14(17)25/h3-9,15H,10H2,1-2H3,(H,29,32)(H,34,35)/t15-/m0/s1. The van der Waals surface area contributed by atoms with Crippen molar-refractivity contribution in [3.63, 3.8) is 0 Å². The molecule has 0 aliphatic carbocycles. The molecule has 13 heteroatoms. The van der Waals surface area contributed by atoms with Crippen molar-refractivity contribution in [1.29, 1.82) is 0 Å². The highest BCUT2D eigenvalue weighted by molar-refractivity contribution is 6.39. The number of aromatic nitrogens is 2. The number of carbonyl (C=O) groups excluding carboxylic acids is 1. The van der Waals surface area contributed by atoms with E-state index >= 15 is 0 Å². The highest BCUT2D eigenvalue weighted by atomic mass is 35.5. The van der Waals surface area contributed by atoms with Gasteiger partial charge in [0, 0.05) is 20.5 Å². The van der Waals surface area contributed by atoms with Gasteiger partial charge in [-0.05, 0) is 23.3 Å². The average Bonchev–Trinajstić information content (AvgIpc) is 2.79. The fraction of sp³-hybridized carbons (Fsp3) is 0.217. The molecule has 8 nitrogen and oxygen atoms in total. The van der Waals surface area contributed by atoms with Crippen LogP contribution in [0.25, 0.3) is 11.1 Å². The number of amides is 1. The first-order valence-electron chi connectivity index (χ1n) is 10.2. The van der Waals surface area contributed by atoms with Gasteiger partial charge in [-0.15, -0.1) is 0 Å². The summed E-state index contributed by atoms with van der Waals surface area (Å²) >= 11 is 12.0. The van der Waals surface area contributed by atoms with Crippen molar-refractivity contribution >= 4 is 35.1 Å².